The molecular formula is C20H25N3O2S. The summed E-state index contributed by atoms with van der Waals surface area (Å²) in [6, 6.07) is 7.78. The Labute approximate surface area is 158 Å². The number of carbonyl (C=O) groups is 2. The van der Waals surface area contributed by atoms with Gasteiger partial charge >= 0.3 is 0 Å². The highest BCUT2D eigenvalue weighted by atomic mass is 32.1. The number of amides is 2. The molecular weight excluding hydrogens is 346 g/mol. The molecule has 1 aliphatic heterocycles. The Morgan fingerprint density at radius 2 is 2.08 bits per heavy atom. The van der Waals surface area contributed by atoms with Crippen molar-refractivity contribution in [2.75, 3.05) is 18.4 Å². The van der Waals surface area contributed by atoms with Crippen LogP contribution in [0, 0.1) is 5.92 Å². The van der Waals surface area contributed by atoms with Crippen LogP contribution in [0.4, 0.5) is 5.69 Å². The first-order chi connectivity index (χ1) is 12.5. The minimum Gasteiger partial charge on any atom is -0.342 e. The fourth-order valence-electron chi connectivity index (χ4n) is 3.04. The second kappa shape index (κ2) is 8.45. The zero-order valence-corrected chi connectivity index (χ0v) is 16.1. The van der Waals surface area contributed by atoms with Crippen LogP contribution in [0.3, 0.4) is 0 Å². The van der Waals surface area contributed by atoms with Crippen LogP contribution in [-0.2, 0) is 16.0 Å². The Bertz CT molecular complexity index is 768. The first-order valence-electron chi connectivity index (χ1n) is 9.14. The van der Waals surface area contributed by atoms with Crippen LogP contribution in [0.2, 0.25) is 0 Å². The van der Waals surface area contributed by atoms with Crippen LogP contribution in [-0.4, -0.2) is 34.8 Å². The van der Waals surface area contributed by atoms with E-state index < -0.39 is 0 Å². The van der Waals surface area contributed by atoms with Gasteiger partial charge in [0.2, 0.25) is 11.8 Å². The zero-order valence-electron chi connectivity index (χ0n) is 15.3. The number of rotatable bonds is 7. The molecule has 0 saturated carbocycles. The highest BCUT2D eigenvalue weighted by molar-refractivity contribution is 7.09. The molecule has 1 aliphatic rings. The Morgan fingerprint density at radius 1 is 1.31 bits per heavy atom. The minimum atomic E-state index is 0.0418. The number of benzene rings is 1. The van der Waals surface area contributed by atoms with Crippen molar-refractivity contribution >= 4 is 28.8 Å². The number of nitrogens with zero attached hydrogens (tertiary/aromatic N) is 2. The average Bonchev–Trinajstić information content (AvgIpc) is 3.22. The molecule has 0 radical (unpaired) electrons. The molecule has 5 nitrogen and oxygen atoms in total. The lowest BCUT2D eigenvalue weighted by molar-refractivity contribution is -0.127. The van der Waals surface area contributed by atoms with E-state index in [9.17, 15) is 9.59 Å². The first-order valence-corrected chi connectivity index (χ1v) is 10.0. The van der Waals surface area contributed by atoms with E-state index in [0.29, 0.717) is 18.8 Å². The van der Waals surface area contributed by atoms with Gasteiger partial charge in [-0.1, -0.05) is 26.0 Å². The fourth-order valence-corrected chi connectivity index (χ4v) is 3.83. The zero-order chi connectivity index (χ0) is 18.5. The van der Waals surface area contributed by atoms with Crippen LogP contribution in [0.1, 0.15) is 38.1 Å². The predicted molar refractivity (Wildman–Crippen MR) is 105 cm³/mol. The van der Waals surface area contributed by atoms with Gasteiger partial charge in [0, 0.05) is 49.0 Å². The molecule has 6 heteroatoms. The van der Waals surface area contributed by atoms with E-state index in [1.54, 1.807) is 11.3 Å². The molecule has 3 rings (SSSR count). The number of aromatic nitrogens is 1. The van der Waals surface area contributed by atoms with Crippen molar-refractivity contribution in [1.29, 1.82) is 0 Å². The summed E-state index contributed by atoms with van der Waals surface area (Å²) in [5, 5.41) is 6.02. The summed E-state index contributed by atoms with van der Waals surface area (Å²) in [5.41, 5.74) is 2.78. The molecule has 0 spiro atoms. The highest BCUT2D eigenvalue weighted by Crippen LogP contribution is 2.24. The largest absolute Gasteiger partial charge is 0.342 e. The molecule has 1 saturated heterocycles. The molecule has 26 heavy (non-hydrogen) atoms. The Morgan fingerprint density at radius 3 is 2.73 bits per heavy atom. The smallest absolute Gasteiger partial charge is 0.224 e. The summed E-state index contributed by atoms with van der Waals surface area (Å²) in [6.07, 6.45) is 2.99. The molecule has 0 unspecified atom stereocenters. The minimum absolute atomic E-state index is 0.0418. The predicted octanol–water partition coefficient (Wildman–Crippen LogP) is 3.96. The van der Waals surface area contributed by atoms with Gasteiger partial charge in [0.1, 0.15) is 0 Å². The molecule has 0 aliphatic carbocycles. The molecule has 1 N–H and O–H groups in total. The molecule has 1 fully saturated rings. The van der Waals surface area contributed by atoms with E-state index in [4.69, 9.17) is 0 Å². The van der Waals surface area contributed by atoms with E-state index in [1.807, 2.05) is 48.4 Å². The number of carbonyl (C=O) groups excluding carboxylic acids is 2. The van der Waals surface area contributed by atoms with Gasteiger partial charge in [-0.15, -0.1) is 11.3 Å². The maximum atomic E-state index is 11.8. The van der Waals surface area contributed by atoms with Crippen molar-refractivity contribution in [1.82, 2.24) is 9.88 Å². The maximum absolute atomic E-state index is 11.8. The van der Waals surface area contributed by atoms with Crippen molar-refractivity contribution in [3.63, 3.8) is 0 Å². The van der Waals surface area contributed by atoms with Crippen molar-refractivity contribution < 1.29 is 9.59 Å². The number of hydrogen-bond donors (Lipinski definition) is 1. The summed E-state index contributed by atoms with van der Waals surface area (Å²) < 4.78 is 0. The van der Waals surface area contributed by atoms with E-state index in [-0.39, 0.29) is 11.8 Å². The van der Waals surface area contributed by atoms with Crippen LogP contribution in [0.25, 0.3) is 11.3 Å². The lowest BCUT2D eigenvalue weighted by Gasteiger charge is -2.13. The topological polar surface area (TPSA) is 62.3 Å². The molecule has 138 valence electrons. The summed E-state index contributed by atoms with van der Waals surface area (Å²) in [5.74, 6) is 0.649. The van der Waals surface area contributed by atoms with Crippen LogP contribution < -0.4 is 5.32 Å². The van der Waals surface area contributed by atoms with E-state index in [2.05, 4.69) is 10.3 Å². The van der Waals surface area contributed by atoms with E-state index >= 15 is 0 Å². The van der Waals surface area contributed by atoms with Crippen LogP contribution in [0.15, 0.2) is 29.6 Å². The summed E-state index contributed by atoms with van der Waals surface area (Å²) in [6.45, 7) is 5.69. The third-order valence-electron chi connectivity index (χ3n) is 4.38. The standard InChI is InChI=1S/C20H25N3O2S/c1-14(2)12-18(24)21-16-7-5-15(6-8-16)17-13-26-19(22-17)9-11-23-10-3-4-20(23)25/h5-8,13-14H,3-4,9-12H2,1-2H3,(H,21,24). The van der Waals surface area contributed by atoms with Gasteiger partial charge in [-0.2, -0.15) is 0 Å². The summed E-state index contributed by atoms with van der Waals surface area (Å²) in [4.78, 5) is 30.1. The van der Waals surface area contributed by atoms with Gasteiger partial charge in [-0.3, -0.25) is 9.59 Å². The normalized spacial score (nSPS) is 14.3. The maximum Gasteiger partial charge on any atom is 0.224 e. The van der Waals surface area contributed by atoms with Crippen molar-refractivity contribution in [2.24, 2.45) is 5.92 Å². The summed E-state index contributed by atoms with van der Waals surface area (Å²) in [7, 11) is 0. The van der Waals surface area contributed by atoms with Crippen molar-refractivity contribution in [2.45, 2.75) is 39.5 Å². The van der Waals surface area contributed by atoms with E-state index in [1.165, 1.54) is 0 Å². The van der Waals surface area contributed by atoms with Crippen LogP contribution in [0.5, 0.6) is 0 Å². The average molecular weight is 372 g/mol. The van der Waals surface area contributed by atoms with Gasteiger partial charge in [-0.05, 0) is 24.5 Å². The van der Waals surface area contributed by atoms with Gasteiger partial charge in [0.15, 0.2) is 0 Å². The lowest BCUT2D eigenvalue weighted by atomic mass is 10.1. The number of thiazole rings is 1. The number of hydrogen-bond acceptors (Lipinski definition) is 4. The SMILES string of the molecule is CC(C)CC(=O)Nc1ccc(-c2csc(CCN3CCCC3=O)n2)cc1. The number of nitrogens with one attached hydrogen (secondary N) is 1. The second-order valence-corrected chi connectivity index (χ2v) is 8.03. The third kappa shape index (κ3) is 4.91. The van der Waals surface area contributed by atoms with Gasteiger partial charge in [0.25, 0.3) is 0 Å². The number of anilines is 1. The molecule has 1 aromatic heterocycles. The van der Waals surface area contributed by atoms with Gasteiger partial charge < -0.3 is 10.2 Å². The Kier molecular flexibility index (Phi) is 6.04. The molecule has 0 atom stereocenters. The summed E-state index contributed by atoms with van der Waals surface area (Å²) >= 11 is 1.63. The molecule has 0 bridgehead atoms. The first kappa shape index (κ1) is 18.6. The molecule has 1 aromatic carbocycles. The number of likely N-dealkylation sites (tertiary alicyclic amines) is 1. The third-order valence-corrected chi connectivity index (χ3v) is 5.29. The molecule has 2 aromatic rings. The Balaban J connectivity index is 1.56. The quantitative estimate of drug-likeness (QED) is 0.801. The molecule has 2 amide bonds. The van der Waals surface area contributed by atoms with Crippen LogP contribution >= 0.6 is 11.3 Å². The van der Waals surface area contributed by atoms with Gasteiger partial charge in [-0.25, -0.2) is 4.98 Å². The van der Waals surface area contributed by atoms with Crippen molar-refractivity contribution in [3.05, 3.63) is 34.7 Å². The lowest BCUT2D eigenvalue weighted by Crippen LogP contribution is -2.26. The second-order valence-electron chi connectivity index (χ2n) is 7.08. The highest BCUT2D eigenvalue weighted by Gasteiger charge is 2.19. The fraction of sp³-hybridized carbons (Fsp3) is 0.450. The van der Waals surface area contributed by atoms with Crippen molar-refractivity contribution in [3.8, 4) is 11.3 Å². The van der Waals surface area contributed by atoms with Gasteiger partial charge in [0.05, 0.1) is 10.7 Å². The molecule has 2 heterocycles. The monoisotopic (exact) mass is 371 g/mol. The Hall–Kier alpha value is -2.21. The van der Waals surface area contributed by atoms with E-state index in [0.717, 1.165) is 47.9 Å².